The summed E-state index contributed by atoms with van der Waals surface area (Å²) in [5.41, 5.74) is 5.58. The Hall–Kier alpha value is -0.120. The van der Waals surface area contributed by atoms with E-state index < -0.39 is 0 Å². The minimum atomic E-state index is 0.747. The molecule has 2 saturated heterocycles. The van der Waals surface area contributed by atoms with Crippen molar-refractivity contribution in [2.45, 2.75) is 0 Å². The van der Waals surface area contributed by atoms with Crippen LogP contribution >= 0.6 is 0 Å². The summed E-state index contributed by atoms with van der Waals surface area (Å²) in [7, 11) is 2.21. The number of hydrogen-bond donors (Lipinski definition) is 1. The summed E-state index contributed by atoms with van der Waals surface area (Å²) >= 11 is 0. The monoisotopic (exact) mass is 155 g/mol. The standard InChI is InChI=1S/C8H17N3/c1-10-2-7-4-11(6-9)5-8(7)3-10/h7-8H,2-6,9H2,1H3/t7-,8+. The Kier molecular flexibility index (Phi) is 1.87. The van der Waals surface area contributed by atoms with Crippen molar-refractivity contribution < 1.29 is 0 Å². The van der Waals surface area contributed by atoms with Crippen molar-refractivity contribution in [3.05, 3.63) is 0 Å². The molecule has 0 aromatic rings. The van der Waals surface area contributed by atoms with Crippen LogP contribution in [0.5, 0.6) is 0 Å². The molecule has 11 heavy (non-hydrogen) atoms. The summed E-state index contributed by atoms with van der Waals surface area (Å²) in [6, 6.07) is 0. The van der Waals surface area contributed by atoms with Crippen molar-refractivity contribution in [3.8, 4) is 0 Å². The highest BCUT2D eigenvalue weighted by molar-refractivity contribution is 4.91. The van der Waals surface area contributed by atoms with Gasteiger partial charge in [0.15, 0.2) is 0 Å². The number of likely N-dealkylation sites (tertiary alicyclic amines) is 2. The summed E-state index contributed by atoms with van der Waals surface area (Å²) in [4.78, 5) is 4.80. The van der Waals surface area contributed by atoms with Crippen molar-refractivity contribution in [3.63, 3.8) is 0 Å². The van der Waals surface area contributed by atoms with Gasteiger partial charge in [0.2, 0.25) is 0 Å². The van der Waals surface area contributed by atoms with Gasteiger partial charge < -0.3 is 10.6 Å². The van der Waals surface area contributed by atoms with Crippen LogP contribution in [-0.2, 0) is 0 Å². The molecule has 0 bridgehead atoms. The molecule has 0 aliphatic carbocycles. The van der Waals surface area contributed by atoms with E-state index in [1.165, 1.54) is 26.2 Å². The van der Waals surface area contributed by atoms with E-state index in [4.69, 9.17) is 5.73 Å². The number of hydrogen-bond acceptors (Lipinski definition) is 3. The predicted molar refractivity (Wildman–Crippen MR) is 45.1 cm³/mol. The Labute approximate surface area is 68.1 Å². The molecular formula is C8H17N3. The molecule has 0 aromatic carbocycles. The van der Waals surface area contributed by atoms with Crippen molar-refractivity contribution in [2.75, 3.05) is 39.9 Å². The summed E-state index contributed by atoms with van der Waals surface area (Å²) in [5, 5.41) is 0. The van der Waals surface area contributed by atoms with Gasteiger partial charge >= 0.3 is 0 Å². The van der Waals surface area contributed by atoms with Crippen LogP contribution in [0.1, 0.15) is 0 Å². The molecule has 0 amide bonds. The van der Waals surface area contributed by atoms with Gasteiger partial charge in [0.05, 0.1) is 0 Å². The van der Waals surface area contributed by atoms with Gasteiger partial charge in [-0.15, -0.1) is 0 Å². The Morgan fingerprint density at radius 3 is 2.18 bits per heavy atom. The van der Waals surface area contributed by atoms with Crippen LogP contribution in [0.25, 0.3) is 0 Å². The van der Waals surface area contributed by atoms with E-state index in [2.05, 4.69) is 16.8 Å². The number of fused-ring (bicyclic) bond motifs is 1. The van der Waals surface area contributed by atoms with Crippen LogP contribution in [0.3, 0.4) is 0 Å². The van der Waals surface area contributed by atoms with Crippen LogP contribution in [0, 0.1) is 11.8 Å². The molecule has 3 nitrogen and oxygen atoms in total. The number of nitrogens with two attached hydrogens (primary N) is 1. The zero-order valence-corrected chi connectivity index (χ0v) is 7.16. The van der Waals surface area contributed by atoms with E-state index in [9.17, 15) is 0 Å². The number of rotatable bonds is 1. The predicted octanol–water partition coefficient (Wildman–Crippen LogP) is -0.604. The van der Waals surface area contributed by atoms with Crippen LogP contribution in [0.4, 0.5) is 0 Å². The van der Waals surface area contributed by atoms with E-state index >= 15 is 0 Å². The Bertz CT molecular complexity index is 134. The smallest absolute Gasteiger partial charge is 0.0455 e. The highest BCUT2D eigenvalue weighted by atomic mass is 15.2. The summed E-state index contributed by atoms with van der Waals surface area (Å²) in [5.74, 6) is 1.81. The fourth-order valence-electron chi connectivity index (χ4n) is 2.47. The second kappa shape index (κ2) is 2.73. The van der Waals surface area contributed by atoms with E-state index in [-0.39, 0.29) is 0 Å². The third-order valence-corrected chi connectivity index (χ3v) is 3.00. The second-order valence-electron chi connectivity index (χ2n) is 3.96. The first kappa shape index (κ1) is 7.53. The van der Waals surface area contributed by atoms with Crippen LogP contribution in [0.15, 0.2) is 0 Å². The molecule has 2 N–H and O–H groups in total. The lowest BCUT2D eigenvalue weighted by molar-refractivity contribution is 0.284. The molecule has 2 fully saturated rings. The maximum absolute atomic E-state index is 5.58. The second-order valence-corrected chi connectivity index (χ2v) is 3.96. The SMILES string of the molecule is CN1C[C@@H]2CN(CN)C[C@@H]2C1. The van der Waals surface area contributed by atoms with Gasteiger partial charge in [0.1, 0.15) is 0 Å². The van der Waals surface area contributed by atoms with Crippen molar-refractivity contribution in [1.82, 2.24) is 9.80 Å². The summed E-state index contributed by atoms with van der Waals surface area (Å²) in [6.45, 7) is 5.76. The van der Waals surface area contributed by atoms with Gasteiger partial charge in [-0.2, -0.15) is 0 Å². The van der Waals surface area contributed by atoms with Gasteiger partial charge in [0, 0.05) is 32.8 Å². The molecule has 0 radical (unpaired) electrons. The molecule has 2 rings (SSSR count). The molecule has 0 spiro atoms. The molecular weight excluding hydrogens is 138 g/mol. The minimum Gasteiger partial charge on any atom is -0.318 e. The lowest BCUT2D eigenvalue weighted by atomic mass is 10.0. The van der Waals surface area contributed by atoms with Crippen LogP contribution < -0.4 is 5.73 Å². The van der Waals surface area contributed by atoms with Crippen LogP contribution in [-0.4, -0.2) is 49.7 Å². The van der Waals surface area contributed by atoms with Gasteiger partial charge in [-0.3, -0.25) is 4.90 Å². The molecule has 3 heteroatoms. The first-order valence-electron chi connectivity index (χ1n) is 4.40. The molecule has 0 unspecified atom stereocenters. The van der Waals surface area contributed by atoms with E-state index in [0.29, 0.717) is 0 Å². The fourth-order valence-corrected chi connectivity index (χ4v) is 2.47. The summed E-state index contributed by atoms with van der Waals surface area (Å²) in [6.07, 6.45) is 0. The molecule has 0 aromatic heterocycles. The maximum atomic E-state index is 5.58. The highest BCUT2D eigenvalue weighted by Crippen LogP contribution is 2.29. The number of nitrogens with zero attached hydrogens (tertiary/aromatic N) is 2. The zero-order chi connectivity index (χ0) is 7.84. The van der Waals surface area contributed by atoms with Crippen molar-refractivity contribution in [1.29, 1.82) is 0 Å². The maximum Gasteiger partial charge on any atom is 0.0455 e. The molecule has 2 atom stereocenters. The third kappa shape index (κ3) is 1.28. The van der Waals surface area contributed by atoms with E-state index in [1.807, 2.05) is 0 Å². The first-order chi connectivity index (χ1) is 5.29. The fraction of sp³-hybridized carbons (Fsp3) is 1.00. The van der Waals surface area contributed by atoms with Gasteiger partial charge in [-0.05, 0) is 18.9 Å². The van der Waals surface area contributed by atoms with Crippen LogP contribution in [0.2, 0.25) is 0 Å². The lowest BCUT2D eigenvalue weighted by Gasteiger charge is -2.15. The largest absolute Gasteiger partial charge is 0.318 e. The average molecular weight is 155 g/mol. The van der Waals surface area contributed by atoms with E-state index in [0.717, 1.165) is 18.5 Å². The molecule has 64 valence electrons. The van der Waals surface area contributed by atoms with Gasteiger partial charge in [-0.25, -0.2) is 0 Å². The van der Waals surface area contributed by atoms with Gasteiger partial charge in [-0.1, -0.05) is 0 Å². The van der Waals surface area contributed by atoms with E-state index in [1.54, 1.807) is 0 Å². The topological polar surface area (TPSA) is 32.5 Å². The summed E-state index contributed by atoms with van der Waals surface area (Å²) < 4.78 is 0. The third-order valence-electron chi connectivity index (χ3n) is 3.00. The lowest BCUT2D eigenvalue weighted by Crippen LogP contribution is -2.31. The average Bonchev–Trinajstić information content (AvgIpc) is 2.43. The van der Waals surface area contributed by atoms with Crippen molar-refractivity contribution >= 4 is 0 Å². The van der Waals surface area contributed by atoms with Crippen molar-refractivity contribution in [2.24, 2.45) is 17.6 Å². The highest BCUT2D eigenvalue weighted by Gasteiger charge is 2.37. The first-order valence-corrected chi connectivity index (χ1v) is 4.40. The Morgan fingerprint density at radius 2 is 1.73 bits per heavy atom. The normalized spacial score (nSPS) is 39.8. The zero-order valence-electron chi connectivity index (χ0n) is 7.16. The Balaban J connectivity index is 1.93. The Morgan fingerprint density at radius 1 is 1.18 bits per heavy atom. The quantitative estimate of drug-likeness (QED) is 0.548. The minimum absolute atomic E-state index is 0.747. The molecule has 2 aliphatic rings. The molecule has 0 saturated carbocycles. The van der Waals surface area contributed by atoms with Gasteiger partial charge in [0.25, 0.3) is 0 Å². The molecule has 2 heterocycles. The molecule has 2 aliphatic heterocycles.